The van der Waals surface area contributed by atoms with Crippen LogP contribution in [0, 0.1) is 0 Å². The largest absolute Gasteiger partial charge is 0.495 e. The third kappa shape index (κ3) is 2.33. The molecule has 0 heterocycles. The Bertz CT molecular complexity index is 657. The van der Waals surface area contributed by atoms with Gasteiger partial charge in [-0.25, -0.2) is 0 Å². The number of fused-ring (bicyclic) bond motifs is 1. The van der Waals surface area contributed by atoms with Gasteiger partial charge >= 0.3 is 0 Å². The second-order valence-corrected chi connectivity index (χ2v) is 5.39. The maximum Gasteiger partial charge on any atom is 0.243 e. The van der Waals surface area contributed by atoms with Crippen LogP contribution in [0.2, 0.25) is 0 Å². The summed E-state index contributed by atoms with van der Waals surface area (Å²) in [4.78, 5) is 12.1. The maximum atomic E-state index is 12.1. The number of hydrogen-bond acceptors (Lipinski definition) is 3. The molecule has 108 valence electrons. The van der Waals surface area contributed by atoms with Crippen molar-refractivity contribution < 1.29 is 9.53 Å². The Kier molecular flexibility index (Phi) is 3.29. The van der Waals surface area contributed by atoms with Crippen LogP contribution in [-0.2, 0) is 17.6 Å². The van der Waals surface area contributed by atoms with Gasteiger partial charge in [-0.1, -0.05) is 36.4 Å². The molecule has 21 heavy (non-hydrogen) atoms. The van der Waals surface area contributed by atoms with Gasteiger partial charge in [0.05, 0.1) is 12.8 Å². The molecule has 0 saturated heterocycles. The molecule has 0 bridgehead atoms. The minimum atomic E-state index is -0.793. The van der Waals surface area contributed by atoms with Crippen LogP contribution in [0.1, 0.15) is 11.1 Å². The van der Waals surface area contributed by atoms with Crippen molar-refractivity contribution in [2.75, 3.05) is 12.4 Å². The molecule has 1 aliphatic carbocycles. The highest BCUT2D eigenvalue weighted by molar-refractivity contribution is 5.90. The quantitative estimate of drug-likeness (QED) is 0.903. The smallest absolute Gasteiger partial charge is 0.243 e. The fourth-order valence-electron chi connectivity index (χ4n) is 2.95. The highest BCUT2D eigenvalue weighted by atomic mass is 16.5. The molecule has 3 N–H and O–H groups in total. The van der Waals surface area contributed by atoms with E-state index in [-0.39, 0.29) is 5.91 Å². The first kappa shape index (κ1) is 13.5. The van der Waals surface area contributed by atoms with Crippen LogP contribution >= 0.6 is 0 Å². The first-order valence-corrected chi connectivity index (χ1v) is 6.92. The lowest BCUT2D eigenvalue weighted by Crippen LogP contribution is -2.51. The van der Waals surface area contributed by atoms with E-state index in [4.69, 9.17) is 10.5 Å². The molecule has 0 unspecified atom stereocenters. The summed E-state index contributed by atoms with van der Waals surface area (Å²) in [6.45, 7) is 0. The minimum absolute atomic E-state index is 0.343. The number of ether oxygens (including phenoxy) is 1. The number of hydrogen-bond donors (Lipinski definition) is 2. The molecule has 0 aliphatic heterocycles. The topological polar surface area (TPSA) is 64.3 Å². The highest BCUT2D eigenvalue weighted by Crippen LogP contribution is 2.35. The number of nitrogens with one attached hydrogen (secondary N) is 1. The van der Waals surface area contributed by atoms with Gasteiger partial charge in [-0.15, -0.1) is 0 Å². The average Bonchev–Trinajstić information content (AvgIpc) is 2.87. The second kappa shape index (κ2) is 5.13. The summed E-state index contributed by atoms with van der Waals surface area (Å²) in [5.41, 5.74) is 8.03. The zero-order valence-corrected chi connectivity index (χ0v) is 11.9. The molecule has 3 rings (SSSR count). The van der Waals surface area contributed by atoms with Crippen molar-refractivity contribution in [2.24, 2.45) is 5.73 Å². The number of primary amides is 1. The molecule has 0 saturated carbocycles. The van der Waals surface area contributed by atoms with E-state index in [0.29, 0.717) is 18.6 Å². The lowest BCUT2D eigenvalue weighted by atomic mass is 9.94. The Morgan fingerprint density at radius 3 is 2.24 bits per heavy atom. The van der Waals surface area contributed by atoms with Gasteiger partial charge in [-0.2, -0.15) is 0 Å². The highest BCUT2D eigenvalue weighted by Gasteiger charge is 2.42. The maximum absolute atomic E-state index is 12.1. The van der Waals surface area contributed by atoms with E-state index >= 15 is 0 Å². The number of carbonyl (C=O) groups is 1. The molecule has 4 heteroatoms. The molecular formula is C17H18N2O2. The van der Waals surface area contributed by atoms with Gasteiger partial charge in [-0.05, 0) is 23.3 Å². The number of amides is 1. The van der Waals surface area contributed by atoms with Crippen LogP contribution in [0.4, 0.5) is 5.69 Å². The SMILES string of the molecule is COc1ccccc1NC1(C(N)=O)Cc2ccccc2C1. The number of methoxy groups -OCH3 is 1. The van der Waals surface area contributed by atoms with E-state index in [1.807, 2.05) is 48.5 Å². The van der Waals surface area contributed by atoms with Gasteiger partial charge in [0, 0.05) is 12.8 Å². The predicted octanol–water partition coefficient (Wildman–Crippen LogP) is 2.13. The molecule has 0 atom stereocenters. The lowest BCUT2D eigenvalue weighted by molar-refractivity contribution is -0.122. The molecule has 4 nitrogen and oxygen atoms in total. The summed E-state index contributed by atoms with van der Waals surface area (Å²) in [6.07, 6.45) is 1.19. The summed E-state index contributed by atoms with van der Waals surface area (Å²) in [7, 11) is 1.61. The second-order valence-electron chi connectivity index (χ2n) is 5.39. The van der Waals surface area contributed by atoms with E-state index in [0.717, 1.165) is 5.69 Å². The van der Waals surface area contributed by atoms with Gasteiger partial charge in [0.15, 0.2) is 0 Å². The van der Waals surface area contributed by atoms with Crippen LogP contribution in [-0.4, -0.2) is 18.6 Å². The number of anilines is 1. The monoisotopic (exact) mass is 282 g/mol. The Hall–Kier alpha value is -2.49. The molecule has 2 aromatic carbocycles. The Morgan fingerprint density at radius 1 is 1.10 bits per heavy atom. The molecule has 0 radical (unpaired) electrons. The standard InChI is InChI=1S/C17H18N2O2/c1-21-15-9-5-4-8-14(15)19-17(16(18)20)10-12-6-2-3-7-13(12)11-17/h2-9,19H,10-11H2,1H3,(H2,18,20). The molecule has 1 aliphatic rings. The first-order chi connectivity index (χ1) is 10.1. The van der Waals surface area contributed by atoms with Gasteiger partial charge in [-0.3, -0.25) is 4.79 Å². The third-order valence-electron chi connectivity index (χ3n) is 4.06. The number of benzene rings is 2. The molecule has 0 spiro atoms. The van der Waals surface area contributed by atoms with Gasteiger partial charge in [0.25, 0.3) is 0 Å². The van der Waals surface area contributed by atoms with E-state index < -0.39 is 5.54 Å². The molecule has 0 fully saturated rings. The van der Waals surface area contributed by atoms with Gasteiger partial charge in [0.2, 0.25) is 5.91 Å². The summed E-state index contributed by atoms with van der Waals surface area (Å²) in [6, 6.07) is 15.6. The number of carbonyl (C=O) groups excluding carboxylic acids is 1. The van der Waals surface area contributed by atoms with E-state index in [1.165, 1.54) is 11.1 Å². The van der Waals surface area contributed by atoms with Crippen molar-refractivity contribution >= 4 is 11.6 Å². The fraction of sp³-hybridized carbons (Fsp3) is 0.235. The Morgan fingerprint density at radius 2 is 1.67 bits per heavy atom. The summed E-state index contributed by atoms with van der Waals surface area (Å²) in [5, 5.41) is 3.32. The number of nitrogens with two attached hydrogens (primary N) is 1. The summed E-state index contributed by atoms with van der Waals surface area (Å²) < 4.78 is 5.34. The third-order valence-corrected chi connectivity index (χ3v) is 4.06. The average molecular weight is 282 g/mol. The lowest BCUT2D eigenvalue weighted by Gasteiger charge is -2.28. The van der Waals surface area contributed by atoms with Crippen LogP contribution in [0.5, 0.6) is 5.75 Å². The molecule has 1 amide bonds. The summed E-state index contributed by atoms with van der Waals surface area (Å²) in [5.74, 6) is 0.360. The molecule has 0 aromatic heterocycles. The van der Waals surface area contributed by atoms with Gasteiger partial charge in [0.1, 0.15) is 11.3 Å². The van der Waals surface area contributed by atoms with Crippen molar-refractivity contribution in [2.45, 2.75) is 18.4 Å². The van der Waals surface area contributed by atoms with Crippen molar-refractivity contribution in [1.82, 2.24) is 0 Å². The van der Waals surface area contributed by atoms with Crippen molar-refractivity contribution in [3.8, 4) is 5.75 Å². The van der Waals surface area contributed by atoms with Crippen LogP contribution in [0.15, 0.2) is 48.5 Å². The van der Waals surface area contributed by atoms with Crippen LogP contribution < -0.4 is 15.8 Å². The number of rotatable bonds is 4. The fourth-order valence-corrected chi connectivity index (χ4v) is 2.95. The number of para-hydroxylation sites is 2. The Balaban J connectivity index is 1.96. The normalized spacial score (nSPS) is 15.3. The van der Waals surface area contributed by atoms with Crippen LogP contribution in [0.3, 0.4) is 0 Å². The zero-order valence-electron chi connectivity index (χ0n) is 11.9. The molecular weight excluding hydrogens is 264 g/mol. The zero-order chi connectivity index (χ0) is 14.9. The minimum Gasteiger partial charge on any atom is -0.495 e. The van der Waals surface area contributed by atoms with E-state index in [2.05, 4.69) is 5.32 Å². The predicted molar refractivity (Wildman–Crippen MR) is 82.4 cm³/mol. The molecule has 2 aromatic rings. The van der Waals surface area contributed by atoms with E-state index in [9.17, 15) is 4.79 Å². The first-order valence-electron chi connectivity index (χ1n) is 6.92. The van der Waals surface area contributed by atoms with Crippen molar-refractivity contribution in [1.29, 1.82) is 0 Å². The van der Waals surface area contributed by atoms with Crippen LogP contribution in [0.25, 0.3) is 0 Å². The Labute approximate surface area is 123 Å². The van der Waals surface area contributed by atoms with Crippen molar-refractivity contribution in [3.05, 3.63) is 59.7 Å². The summed E-state index contributed by atoms with van der Waals surface area (Å²) >= 11 is 0. The van der Waals surface area contributed by atoms with Gasteiger partial charge < -0.3 is 15.8 Å². The van der Waals surface area contributed by atoms with E-state index in [1.54, 1.807) is 7.11 Å². The van der Waals surface area contributed by atoms with Crippen molar-refractivity contribution in [3.63, 3.8) is 0 Å².